The zero-order valence-corrected chi connectivity index (χ0v) is 12.1. The molecule has 0 bridgehead atoms. The van der Waals surface area contributed by atoms with Crippen LogP contribution in [0.2, 0.25) is 0 Å². The van der Waals surface area contributed by atoms with Gasteiger partial charge in [0.05, 0.1) is 0 Å². The summed E-state index contributed by atoms with van der Waals surface area (Å²) < 4.78 is 0. The molecular weight excluding hydrogens is 266 g/mol. The number of amides is 3. The van der Waals surface area contributed by atoms with Gasteiger partial charge < -0.3 is 10.6 Å². The topological polar surface area (TPSA) is 61.4 Å². The Hall–Kier alpha value is -2.04. The first kappa shape index (κ1) is 13.9. The number of carbonyl (C=O) groups excluding carboxylic acids is 2. The molecule has 1 aliphatic carbocycles. The normalized spacial score (nSPS) is 19.4. The van der Waals surface area contributed by atoms with Crippen molar-refractivity contribution >= 4 is 23.3 Å². The molecule has 0 aromatic heterocycles. The highest BCUT2D eigenvalue weighted by Gasteiger charge is 2.22. The van der Waals surface area contributed by atoms with E-state index in [4.69, 9.17) is 0 Å². The third-order valence-corrected chi connectivity index (χ3v) is 4.28. The van der Waals surface area contributed by atoms with E-state index in [2.05, 4.69) is 10.6 Å². The van der Waals surface area contributed by atoms with Crippen LogP contribution in [0.4, 0.5) is 16.2 Å². The second-order valence-electron chi connectivity index (χ2n) is 5.75. The molecule has 0 spiro atoms. The molecule has 1 heterocycles. The van der Waals surface area contributed by atoms with Crippen molar-refractivity contribution in [3.8, 4) is 0 Å². The quantitative estimate of drug-likeness (QED) is 0.898. The second-order valence-corrected chi connectivity index (χ2v) is 5.75. The number of benzene rings is 1. The van der Waals surface area contributed by atoms with Crippen LogP contribution >= 0.6 is 0 Å². The summed E-state index contributed by atoms with van der Waals surface area (Å²) in [4.78, 5) is 25.5. The Morgan fingerprint density at radius 1 is 1.14 bits per heavy atom. The van der Waals surface area contributed by atoms with Crippen molar-refractivity contribution in [3.05, 3.63) is 24.3 Å². The Labute approximate surface area is 124 Å². The lowest BCUT2D eigenvalue weighted by Crippen LogP contribution is -2.27. The van der Waals surface area contributed by atoms with Crippen LogP contribution < -0.4 is 15.5 Å². The number of nitrogens with one attached hydrogen (secondary N) is 2. The van der Waals surface area contributed by atoms with E-state index in [1.54, 1.807) is 4.90 Å². The van der Waals surface area contributed by atoms with E-state index in [1.165, 1.54) is 6.42 Å². The lowest BCUT2D eigenvalue weighted by molar-refractivity contribution is -0.120. The minimum absolute atomic E-state index is 0.0611. The monoisotopic (exact) mass is 287 g/mol. The smallest absolute Gasteiger partial charge is 0.321 e. The van der Waals surface area contributed by atoms with Gasteiger partial charge in [0.1, 0.15) is 0 Å². The van der Waals surface area contributed by atoms with Crippen LogP contribution in [-0.4, -0.2) is 25.0 Å². The summed E-state index contributed by atoms with van der Waals surface area (Å²) in [6, 6.07) is 7.42. The second kappa shape index (κ2) is 6.16. The van der Waals surface area contributed by atoms with Crippen molar-refractivity contribution < 1.29 is 9.59 Å². The Balaban J connectivity index is 1.61. The number of anilines is 2. The Morgan fingerprint density at radius 2 is 1.86 bits per heavy atom. The Morgan fingerprint density at radius 3 is 2.48 bits per heavy atom. The summed E-state index contributed by atoms with van der Waals surface area (Å²) in [5, 5.41) is 5.76. The van der Waals surface area contributed by atoms with Gasteiger partial charge in [-0.05, 0) is 37.1 Å². The molecule has 1 aromatic carbocycles. The first-order valence-electron chi connectivity index (χ1n) is 7.70. The average molecular weight is 287 g/mol. The van der Waals surface area contributed by atoms with Gasteiger partial charge in [-0.15, -0.1) is 0 Å². The predicted octanol–water partition coefficient (Wildman–Crippen LogP) is 2.74. The van der Waals surface area contributed by atoms with Crippen molar-refractivity contribution in [1.82, 2.24) is 5.32 Å². The number of hydrogen-bond donors (Lipinski definition) is 2. The van der Waals surface area contributed by atoms with Crippen molar-refractivity contribution in [2.75, 3.05) is 23.3 Å². The standard InChI is InChI=1S/C16H21N3O2/c20-15(12-4-2-1-3-5-12)18-13-6-8-14(9-7-13)19-11-10-17-16(19)21/h6-9,12H,1-5,10-11H2,(H,17,21)(H,18,20). The molecule has 1 saturated heterocycles. The van der Waals surface area contributed by atoms with Crippen molar-refractivity contribution in [2.24, 2.45) is 5.92 Å². The highest BCUT2D eigenvalue weighted by molar-refractivity contribution is 5.95. The molecule has 2 N–H and O–H groups in total. The van der Waals surface area contributed by atoms with Gasteiger partial charge in [-0.1, -0.05) is 19.3 Å². The van der Waals surface area contributed by atoms with E-state index in [-0.39, 0.29) is 17.9 Å². The van der Waals surface area contributed by atoms with Gasteiger partial charge in [0.2, 0.25) is 5.91 Å². The fraction of sp³-hybridized carbons (Fsp3) is 0.500. The molecule has 2 aliphatic rings. The van der Waals surface area contributed by atoms with Gasteiger partial charge >= 0.3 is 6.03 Å². The lowest BCUT2D eigenvalue weighted by atomic mass is 9.88. The largest absolute Gasteiger partial charge is 0.336 e. The molecule has 5 heteroatoms. The summed E-state index contributed by atoms with van der Waals surface area (Å²) in [7, 11) is 0. The van der Waals surface area contributed by atoms with E-state index in [9.17, 15) is 9.59 Å². The molecule has 3 amide bonds. The van der Waals surface area contributed by atoms with Crippen LogP contribution in [0.3, 0.4) is 0 Å². The Kier molecular flexibility index (Phi) is 4.08. The molecule has 1 aliphatic heterocycles. The summed E-state index contributed by atoms with van der Waals surface area (Å²) in [5.41, 5.74) is 1.66. The molecule has 21 heavy (non-hydrogen) atoms. The zero-order valence-electron chi connectivity index (χ0n) is 12.1. The van der Waals surface area contributed by atoms with Gasteiger partial charge in [-0.25, -0.2) is 4.79 Å². The van der Waals surface area contributed by atoms with Crippen molar-refractivity contribution in [3.63, 3.8) is 0 Å². The number of carbonyl (C=O) groups is 2. The van der Waals surface area contributed by atoms with E-state index >= 15 is 0 Å². The molecule has 5 nitrogen and oxygen atoms in total. The number of hydrogen-bond acceptors (Lipinski definition) is 2. The molecular formula is C16H21N3O2. The molecule has 3 rings (SSSR count). The highest BCUT2D eigenvalue weighted by Crippen LogP contribution is 2.25. The summed E-state index contributed by atoms with van der Waals surface area (Å²) in [6.45, 7) is 1.37. The minimum atomic E-state index is -0.0611. The SMILES string of the molecule is O=C(Nc1ccc(N2CCNC2=O)cc1)C1CCCCC1. The lowest BCUT2D eigenvalue weighted by Gasteiger charge is -2.21. The number of urea groups is 1. The van der Waals surface area contributed by atoms with Gasteiger partial charge in [0, 0.05) is 30.4 Å². The first-order chi connectivity index (χ1) is 10.2. The summed E-state index contributed by atoms with van der Waals surface area (Å²) in [6.07, 6.45) is 5.55. The summed E-state index contributed by atoms with van der Waals surface area (Å²) in [5.74, 6) is 0.282. The molecule has 0 unspecified atom stereocenters. The number of nitrogens with zero attached hydrogens (tertiary/aromatic N) is 1. The zero-order chi connectivity index (χ0) is 14.7. The summed E-state index contributed by atoms with van der Waals surface area (Å²) >= 11 is 0. The maximum Gasteiger partial charge on any atom is 0.321 e. The fourth-order valence-electron chi connectivity index (χ4n) is 3.05. The minimum Gasteiger partial charge on any atom is -0.336 e. The van der Waals surface area contributed by atoms with E-state index in [0.29, 0.717) is 13.1 Å². The van der Waals surface area contributed by atoms with Crippen LogP contribution in [0.15, 0.2) is 24.3 Å². The van der Waals surface area contributed by atoms with E-state index < -0.39 is 0 Å². The third-order valence-electron chi connectivity index (χ3n) is 4.28. The van der Waals surface area contributed by atoms with Crippen molar-refractivity contribution in [1.29, 1.82) is 0 Å². The van der Waals surface area contributed by atoms with Gasteiger partial charge in [0.15, 0.2) is 0 Å². The maximum atomic E-state index is 12.2. The molecule has 1 aromatic rings. The van der Waals surface area contributed by atoms with Crippen LogP contribution in [-0.2, 0) is 4.79 Å². The highest BCUT2D eigenvalue weighted by atomic mass is 16.2. The molecule has 0 radical (unpaired) electrons. The van der Waals surface area contributed by atoms with Crippen LogP contribution in [0.5, 0.6) is 0 Å². The van der Waals surface area contributed by atoms with Crippen LogP contribution in [0.1, 0.15) is 32.1 Å². The predicted molar refractivity (Wildman–Crippen MR) is 82.4 cm³/mol. The molecule has 1 saturated carbocycles. The van der Waals surface area contributed by atoms with E-state index in [1.807, 2.05) is 24.3 Å². The van der Waals surface area contributed by atoms with E-state index in [0.717, 1.165) is 37.1 Å². The van der Waals surface area contributed by atoms with Crippen LogP contribution in [0, 0.1) is 5.92 Å². The fourth-order valence-corrected chi connectivity index (χ4v) is 3.05. The molecule has 112 valence electrons. The maximum absolute atomic E-state index is 12.2. The molecule has 2 fully saturated rings. The first-order valence-corrected chi connectivity index (χ1v) is 7.70. The van der Waals surface area contributed by atoms with Crippen LogP contribution in [0.25, 0.3) is 0 Å². The van der Waals surface area contributed by atoms with Gasteiger partial charge in [-0.3, -0.25) is 9.69 Å². The number of rotatable bonds is 3. The molecule has 0 atom stereocenters. The van der Waals surface area contributed by atoms with Gasteiger partial charge in [0.25, 0.3) is 0 Å². The third kappa shape index (κ3) is 3.17. The van der Waals surface area contributed by atoms with Crippen molar-refractivity contribution in [2.45, 2.75) is 32.1 Å². The van der Waals surface area contributed by atoms with Gasteiger partial charge in [-0.2, -0.15) is 0 Å². The Bertz CT molecular complexity index is 521. The average Bonchev–Trinajstić information content (AvgIpc) is 2.95.